The Morgan fingerprint density at radius 1 is 1.04 bits per heavy atom. The van der Waals surface area contributed by atoms with Crippen LogP contribution < -0.4 is 10.1 Å². The average Bonchev–Trinajstić information content (AvgIpc) is 2.49. The lowest BCUT2D eigenvalue weighted by Gasteiger charge is -2.38. The number of hydrogen-bond acceptors (Lipinski definition) is 3. The number of hydrogen-bond donors (Lipinski definition) is 2. The van der Waals surface area contributed by atoms with E-state index in [9.17, 15) is 9.90 Å². The Morgan fingerprint density at radius 2 is 1.58 bits per heavy atom. The van der Waals surface area contributed by atoms with Crippen molar-refractivity contribution in [2.75, 3.05) is 5.32 Å². The third-order valence-electron chi connectivity index (χ3n) is 4.57. The smallest absolute Gasteiger partial charge is 0.314 e. The topological polar surface area (TPSA) is 58.6 Å². The maximum absolute atomic E-state index is 11.6. The van der Waals surface area contributed by atoms with Crippen molar-refractivity contribution in [1.29, 1.82) is 0 Å². The second kappa shape index (κ2) is 6.56. The third-order valence-corrected chi connectivity index (χ3v) is 4.57. The molecule has 0 radical (unpaired) electrons. The van der Waals surface area contributed by atoms with Crippen LogP contribution in [0.1, 0.15) is 38.7 Å². The molecular formula is C20H23NO3. The fraction of sp³-hybridized carbons (Fsp3) is 0.350. The molecule has 2 aromatic rings. The highest BCUT2D eigenvalue weighted by atomic mass is 16.5. The Bertz CT molecular complexity index is 701. The minimum Gasteiger partial charge on any atom is -0.491 e. The molecule has 2 aromatic carbocycles. The number of nitrogens with one attached hydrogen (secondary N) is 1. The van der Waals surface area contributed by atoms with Crippen LogP contribution in [0, 0.1) is 0 Å². The normalized spacial score (nSPS) is 15.6. The highest BCUT2D eigenvalue weighted by Gasteiger charge is 2.45. The summed E-state index contributed by atoms with van der Waals surface area (Å²) >= 11 is 0. The minimum absolute atomic E-state index is 0.157. The maximum Gasteiger partial charge on any atom is 0.314 e. The fourth-order valence-electron chi connectivity index (χ4n) is 3.08. The zero-order chi connectivity index (χ0) is 17.2. The standard InChI is InChI=1S/C20H23NO3/c1-14(2)24-18-10-8-17(9-11-18)21-16-6-4-15(5-7-16)20(19(22)23)12-3-13-20/h4-11,14,21H,3,12-13H2,1-2H3,(H,22,23). The summed E-state index contributed by atoms with van der Waals surface area (Å²) in [6.07, 6.45) is 2.60. The molecule has 0 aliphatic heterocycles. The molecule has 0 spiro atoms. The number of rotatable bonds is 6. The number of carbonyl (C=O) groups is 1. The molecule has 0 unspecified atom stereocenters. The van der Waals surface area contributed by atoms with Crippen LogP contribution in [0.2, 0.25) is 0 Å². The monoisotopic (exact) mass is 325 g/mol. The van der Waals surface area contributed by atoms with Crippen molar-refractivity contribution in [3.63, 3.8) is 0 Å². The summed E-state index contributed by atoms with van der Waals surface area (Å²) in [5.41, 5.74) is 2.13. The second-order valence-electron chi connectivity index (χ2n) is 6.63. The van der Waals surface area contributed by atoms with Gasteiger partial charge in [-0.25, -0.2) is 0 Å². The Balaban J connectivity index is 1.69. The lowest BCUT2D eigenvalue weighted by Crippen LogP contribution is -2.42. The first-order chi connectivity index (χ1) is 11.5. The number of aliphatic carboxylic acids is 1. The molecule has 0 aromatic heterocycles. The van der Waals surface area contributed by atoms with Crippen molar-refractivity contribution in [3.8, 4) is 5.75 Å². The predicted molar refractivity (Wildman–Crippen MR) is 95.1 cm³/mol. The highest BCUT2D eigenvalue weighted by Crippen LogP contribution is 2.44. The van der Waals surface area contributed by atoms with E-state index in [-0.39, 0.29) is 6.10 Å². The van der Waals surface area contributed by atoms with Gasteiger partial charge in [0, 0.05) is 11.4 Å². The highest BCUT2D eigenvalue weighted by molar-refractivity contribution is 5.82. The van der Waals surface area contributed by atoms with Gasteiger partial charge in [0.15, 0.2) is 0 Å². The molecule has 0 heterocycles. The molecule has 0 atom stereocenters. The number of benzene rings is 2. The van der Waals surface area contributed by atoms with Crippen LogP contribution in [-0.4, -0.2) is 17.2 Å². The fourth-order valence-corrected chi connectivity index (χ4v) is 3.08. The molecule has 3 rings (SSSR count). The van der Waals surface area contributed by atoms with Gasteiger partial charge in [-0.2, -0.15) is 0 Å². The summed E-state index contributed by atoms with van der Waals surface area (Å²) in [5, 5.41) is 12.8. The van der Waals surface area contributed by atoms with Crippen LogP contribution in [0.25, 0.3) is 0 Å². The van der Waals surface area contributed by atoms with Crippen molar-refractivity contribution in [3.05, 3.63) is 54.1 Å². The Labute approximate surface area is 142 Å². The Kier molecular flexibility index (Phi) is 4.47. The minimum atomic E-state index is -0.713. The quantitative estimate of drug-likeness (QED) is 0.806. The largest absolute Gasteiger partial charge is 0.491 e. The van der Waals surface area contributed by atoms with Gasteiger partial charge in [-0.3, -0.25) is 4.79 Å². The molecule has 1 aliphatic rings. The van der Waals surface area contributed by atoms with E-state index in [1.54, 1.807) is 0 Å². The van der Waals surface area contributed by atoms with Crippen molar-refractivity contribution in [2.45, 2.75) is 44.6 Å². The van der Waals surface area contributed by atoms with Gasteiger partial charge in [-0.1, -0.05) is 18.6 Å². The van der Waals surface area contributed by atoms with Crippen LogP contribution in [0.15, 0.2) is 48.5 Å². The van der Waals surface area contributed by atoms with E-state index in [4.69, 9.17) is 4.74 Å². The van der Waals surface area contributed by atoms with Crippen molar-refractivity contribution >= 4 is 17.3 Å². The molecule has 0 amide bonds. The summed E-state index contributed by atoms with van der Waals surface area (Å²) < 4.78 is 5.63. The lowest BCUT2D eigenvalue weighted by atomic mass is 9.64. The lowest BCUT2D eigenvalue weighted by molar-refractivity contribution is -0.147. The van der Waals surface area contributed by atoms with E-state index < -0.39 is 11.4 Å². The number of carboxylic acid groups (broad SMARTS) is 1. The first kappa shape index (κ1) is 16.4. The van der Waals surface area contributed by atoms with E-state index in [1.807, 2.05) is 62.4 Å². The Morgan fingerprint density at radius 3 is 2.00 bits per heavy atom. The first-order valence-corrected chi connectivity index (χ1v) is 8.37. The van der Waals surface area contributed by atoms with Gasteiger partial charge in [-0.05, 0) is 68.7 Å². The van der Waals surface area contributed by atoms with Crippen LogP contribution >= 0.6 is 0 Å². The summed E-state index contributed by atoms with van der Waals surface area (Å²) in [4.78, 5) is 11.6. The summed E-state index contributed by atoms with van der Waals surface area (Å²) in [5.74, 6) is 0.134. The molecule has 1 saturated carbocycles. The number of carboxylic acids is 1. The van der Waals surface area contributed by atoms with Crippen molar-refractivity contribution in [2.24, 2.45) is 0 Å². The zero-order valence-corrected chi connectivity index (χ0v) is 14.1. The van der Waals surface area contributed by atoms with Crippen LogP contribution in [0.4, 0.5) is 11.4 Å². The molecular weight excluding hydrogens is 302 g/mol. The SMILES string of the molecule is CC(C)Oc1ccc(Nc2ccc(C3(C(=O)O)CCC3)cc2)cc1. The van der Waals surface area contributed by atoms with Crippen molar-refractivity contribution < 1.29 is 14.6 Å². The van der Waals surface area contributed by atoms with Gasteiger partial charge in [0.1, 0.15) is 5.75 Å². The van der Waals surface area contributed by atoms with Gasteiger partial charge in [0.05, 0.1) is 11.5 Å². The Hall–Kier alpha value is -2.49. The molecule has 24 heavy (non-hydrogen) atoms. The molecule has 4 nitrogen and oxygen atoms in total. The van der Waals surface area contributed by atoms with Crippen LogP contribution in [0.5, 0.6) is 5.75 Å². The predicted octanol–water partition coefficient (Wildman–Crippen LogP) is 4.72. The van der Waals surface area contributed by atoms with Gasteiger partial charge < -0.3 is 15.2 Å². The molecule has 4 heteroatoms. The van der Waals surface area contributed by atoms with E-state index >= 15 is 0 Å². The second-order valence-corrected chi connectivity index (χ2v) is 6.63. The molecule has 1 fully saturated rings. The first-order valence-electron chi connectivity index (χ1n) is 8.37. The molecule has 0 bridgehead atoms. The van der Waals surface area contributed by atoms with Gasteiger partial charge in [0.2, 0.25) is 0 Å². The van der Waals surface area contributed by atoms with Crippen LogP contribution in [0.3, 0.4) is 0 Å². The van der Waals surface area contributed by atoms with Gasteiger partial charge in [-0.15, -0.1) is 0 Å². The molecule has 2 N–H and O–H groups in total. The number of anilines is 2. The van der Waals surface area contributed by atoms with E-state index in [1.165, 1.54) is 0 Å². The van der Waals surface area contributed by atoms with E-state index in [0.29, 0.717) is 0 Å². The summed E-state index contributed by atoms with van der Waals surface area (Å²) in [6, 6.07) is 15.5. The summed E-state index contributed by atoms with van der Waals surface area (Å²) in [6.45, 7) is 4.00. The maximum atomic E-state index is 11.6. The third kappa shape index (κ3) is 3.23. The van der Waals surface area contributed by atoms with Crippen molar-refractivity contribution in [1.82, 2.24) is 0 Å². The molecule has 126 valence electrons. The van der Waals surface area contributed by atoms with E-state index in [2.05, 4.69) is 5.32 Å². The molecule has 1 aliphatic carbocycles. The summed E-state index contributed by atoms with van der Waals surface area (Å²) in [7, 11) is 0. The molecule has 0 saturated heterocycles. The van der Waals surface area contributed by atoms with Crippen LogP contribution in [-0.2, 0) is 10.2 Å². The average molecular weight is 325 g/mol. The zero-order valence-electron chi connectivity index (χ0n) is 14.1. The van der Waals surface area contributed by atoms with Gasteiger partial charge >= 0.3 is 5.97 Å². The number of ether oxygens (including phenoxy) is 1. The van der Waals surface area contributed by atoms with E-state index in [0.717, 1.165) is 42.0 Å². The van der Waals surface area contributed by atoms with Gasteiger partial charge in [0.25, 0.3) is 0 Å².